The van der Waals surface area contributed by atoms with Crippen LogP contribution in [0.4, 0.5) is 0 Å². The minimum atomic E-state index is 0.485. The van der Waals surface area contributed by atoms with Crippen molar-refractivity contribution >= 4 is 11.6 Å². The molecular formula is C15H17ClN2O. The number of benzene rings is 1. The van der Waals surface area contributed by atoms with Gasteiger partial charge in [-0.2, -0.15) is 0 Å². The van der Waals surface area contributed by atoms with E-state index in [2.05, 4.69) is 16.5 Å². The fourth-order valence-corrected chi connectivity index (χ4v) is 2.69. The van der Waals surface area contributed by atoms with Crippen molar-refractivity contribution < 1.29 is 4.74 Å². The summed E-state index contributed by atoms with van der Waals surface area (Å²) < 4.78 is 8.02. The summed E-state index contributed by atoms with van der Waals surface area (Å²) in [6.45, 7) is 3.84. The zero-order valence-electron chi connectivity index (χ0n) is 11.0. The Morgan fingerprint density at radius 2 is 2.26 bits per heavy atom. The lowest BCUT2D eigenvalue weighted by Crippen LogP contribution is -2.17. The lowest BCUT2D eigenvalue weighted by molar-refractivity contribution is 0.297. The fourth-order valence-electron chi connectivity index (χ4n) is 2.50. The Labute approximate surface area is 118 Å². The van der Waals surface area contributed by atoms with E-state index in [9.17, 15) is 0 Å². The Morgan fingerprint density at radius 3 is 3.11 bits per heavy atom. The highest BCUT2D eigenvalue weighted by molar-refractivity contribution is 6.32. The van der Waals surface area contributed by atoms with Gasteiger partial charge in [-0.05, 0) is 30.9 Å². The van der Waals surface area contributed by atoms with Gasteiger partial charge in [0.05, 0.1) is 17.0 Å². The van der Waals surface area contributed by atoms with E-state index in [0.717, 1.165) is 30.3 Å². The summed E-state index contributed by atoms with van der Waals surface area (Å²) in [6, 6.07) is 7.54. The molecule has 0 bridgehead atoms. The molecule has 3 rings (SSSR count). The number of ether oxygens (including phenoxy) is 1. The summed E-state index contributed by atoms with van der Waals surface area (Å²) in [7, 11) is 0. The van der Waals surface area contributed by atoms with E-state index in [4.69, 9.17) is 16.3 Å². The molecule has 0 amide bonds. The van der Waals surface area contributed by atoms with Crippen LogP contribution in [-0.4, -0.2) is 9.55 Å². The minimum Gasteiger partial charge on any atom is -0.486 e. The first kappa shape index (κ1) is 12.5. The first-order chi connectivity index (χ1) is 9.24. The number of nitrogens with zero attached hydrogens (tertiary/aromatic N) is 2. The molecular weight excluding hydrogens is 260 g/mol. The Hall–Kier alpha value is -1.48. The van der Waals surface area contributed by atoms with Crippen molar-refractivity contribution in [1.29, 1.82) is 0 Å². The summed E-state index contributed by atoms with van der Waals surface area (Å²) in [4.78, 5) is 4.47. The molecule has 2 aromatic rings. The Morgan fingerprint density at radius 1 is 1.42 bits per heavy atom. The molecule has 1 aromatic carbocycles. The molecule has 0 saturated carbocycles. The van der Waals surface area contributed by atoms with E-state index in [1.165, 1.54) is 12.1 Å². The van der Waals surface area contributed by atoms with Crippen LogP contribution in [0.2, 0.25) is 5.02 Å². The molecule has 100 valence electrons. The summed E-state index contributed by atoms with van der Waals surface area (Å²) in [5, 5.41) is 0.643. The molecule has 0 saturated heterocycles. The number of fused-ring (bicyclic) bond motifs is 1. The van der Waals surface area contributed by atoms with Gasteiger partial charge in [-0.15, -0.1) is 0 Å². The van der Waals surface area contributed by atoms with Gasteiger partial charge in [0.25, 0.3) is 0 Å². The molecule has 1 unspecified atom stereocenters. The lowest BCUT2D eigenvalue weighted by Gasteiger charge is -2.21. The van der Waals surface area contributed by atoms with E-state index >= 15 is 0 Å². The second kappa shape index (κ2) is 5.25. The Balaban J connectivity index is 1.74. The summed E-state index contributed by atoms with van der Waals surface area (Å²) in [5.41, 5.74) is 2.34. The van der Waals surface area contributed by atoms with E-state index < -0.39 is 0 Å². The van der Waals surface area contributed by atoms with Gasteiger partial charge in [-0.3, -0.25) is 0 Å². The number of halogens is 1. The van der Waals surface area contributed by atoms with Crippen LogP contribution >= 0.6 is 11.6 Å². The second-order valence-corrected chi connectivity index (χ2v) is 5.56. The van der Waals surface area contributed by atoms with Gasteiger partial charge in [-0.1, -0.05) is 30.7 Å². The number of hydrogen-bond acceptors (Lipinski definition) is 2. The first-order valence-electron chi connectivity index (χ1n) is 6.64. The van der Waals surface area contributed by atoms with Crippen LogP contribution in [0.5, 0.6) is 5.75 Å². The van der Waals surface area contributed by atoms with Gasteiger partial charge in [-0.25, -0.2) is 4.98 Å². The highest BCUT2D eigenvalue weighted by Crippen LogP contribution is 2.26. The van der Waals surface area contributed by atoms with E-state index in [-0.39, 0.29) is 0 Å². The number of rotatable bonds is 3. The SMILES string of the molecule is CC1CCn2cnc(COc3ccccc3Cl)c2C1. The first-order valence-corrected chi connectivity index (χ1v) is 7.02. The van der Waals surface area contributed by atoms with Crippen molar-refractivity contribution in [3.63, 3.8) is 0 Å². The molecule has 0 spiro atoms. The Kier molecular flexibility index (Phi) is 3.47. The quantitative estimate of drug-likeness (QED) is 0.855. The Bertz CT molecular complexity index is 579. The molecule has 1 aliphatic heterocycles. The zero-order chi connectivity index (χ0) is 13.2. The maximum absolute atomic E-state index is 6.08. The summed E-state index contributed by atoms with van der Waals surface area (Å²) >= 11 is 6.08. The van der Waals surface area contributed by atoms with Crippen LogP contribution in [0.15, 0.2) is 30.6 Å². The molecule has 1 aromatic heterocycles. The third kappa shape index (κ3) is 2.61. The molecule has 3 nitrogen and oxygen atoms in total. The standard InChI is InChI=1S/C15H17ClN2O/c1-11-6-7-18-10-17-13(14(18)8-11)9-19-15-5-3-2-4-12(15)16/h2-5,10-11H,6-9H2,1H3. The van der Waals surface area contributed by atoms with Gasteiger partial charge in [0.2, 0.25) is 0 Å². The second-order valence-electron chi connectivity index (χ2n) is 5.15. The number of imidazole rings is 1. The number of para-hydroxylation sites is 1. The maximum atomic E-state index is 6.08. The predicted molar refractivity (Wildman–Crippen MR) is 75.5 cm³/mol. The predicted octanol–water partition coefficient (Wildman–Crippen LogP) is 3.70. The van der Waals surface area contributed by atoms with E-state index in [0.29, 0.717) is 11.6 Å². The summed E-state index contributed by atoms with van der Waals surface area (Å²) in [5.74, 6) is 1.44. The zero-order valence-corrected chi connectivity index (χ0v) is 11.7. The largest absolute Gasteiger partial charge is 0.486 e. The molecule has 1 atom stereocenters. The highest BCUT2D eigenvalue weighted by Gasteiger charge is 2.19. The molecule has 2 heterocycles. The highest BCUT2D eigenvalue weighted by atomic mass is 35.5. The smallest absolute Gasteiger partial charge is 0.138 e. The topological polar surface area (TPSA) is 27.1 Å². The van der Waals surface area contributed by atoms with Crippen LogP contribution in [0.25, 0.3) is 0 Å². The van der Waals surface area contributed by atoms with Crippen molar-refractivity contribution in [3.8, 4) is 5.75 Å². The molecule has 0 fully saturated rings. The normalized spacial score (nSPS) is 18.1. The van der Waals surface area contributed by atoms with Gasteiger partial charge < -0.3 is 9.30 Å². The average Bonchev–Trinajstić information content (AvgIpc) is 2.80. The fraction of sp³-hybridized carbons (Fsp3) is 0.400. The molecule has 1 aliphatic rings. The molecule has 4 heteroatoms. The number of aromatic nitrogens is 2. The monoisotopic (exact) mass is 276 g/mol. The average molecular weight is 277 g/mol. The molecule has 19 heavy (non-hydrogen) atoms. The minimum absolute atomic E-state index is 0.485. The van der Waals surface area contributed by atoms with Crippen molar-refractivity contribution in [2.24, 2.45) is 5.92 Å². The van der Waals surface area contributed by atoms with Crippen LogP contribution < -0.4 is 4.74 Å². The number of aryl methyl sites for hydroxylation is 1. The van der Waals surface area contributed by atoms with Gasteiger partial charge >= 0.3 is 0 Å². The van der Waals surface area contributed by atoms with Gasteiger partial charge in [0, 0.05) is 12.2 Å². The summed E-state index contributed by atoms with van der Waals surface area (Å²) in [6.07, 6.45) is 4.24. The van der Waals surface area contributed by atoms with Crippen LogP contribution in [0.3, 0.4) is 0 Å². The third-order valence-electron chi connectivity index (χ3n) is 3.64. The van der Waals surface area contributed by atoms with Gasteiger partial charge in [0.15, 0.2) is 0 Å². The number of hydrogen-bond donors (Lipinski definition) is 0. The van der Waals surface area contributed by atoms with Crippen molar-refractivity contribution in [3.05, 3.63) is 47.0 Å². The van der Waals surface area contributed by atoms with Crippen molar-refractivity contribution in [2.75, 3.05) is 0 Å². The third-order valence-corrected chi connectivity index (χ3v) is 3.95. The molecule has 0 radical (unpaired) electrons. The lowest BCUT2D eigenvalue weighted by atomic mass is 9.97. The molecule has 0 aliphatic carbocycles. The molecule has 0 N–H and O–H groups in total. The maximum Gasteiger partial charge on any atom is 0.138 e. The van der Waals surface area contributed by atoms with Crippen molar-refractivity contribution in [1.82, 2.24) is 9.55 Å². The van der Waals surface area contributed by atoms with E-state index in [1.54, 1.807) is 0 Å². The van der Waals surface area contributed by atoms with Crippen molar-refractivity contribution in [2.45, 2.75) is 32.9 Å². The van der Waals surface area contributed by atoms with E-state index in [1.807, 2.05) is 30.6 Å². The van der Waals surface area contributed by atoms with Crippen LogP contribution in [0, 0.1) is 5.92 Å². The van der Waals surface area contributed by atoms with Crippen LogP contribution in [0.1, 0.15) is 24.7 Å². The van der Waals surface area contributed by atoms with Gasteiger partial charge in [0.1, 0.15) is 12.4 Å². The van der Waals surface area contributed by atoms with Crippen LogP contribution in [-0.2, 0) is 19.6 Å².